The second-order valence-corrected chi connectivity index (χ2v) is 8.46. The number of carbonyl (C=O) groups excluding carboxylic acids is 3. The van der Waals surface area contributed by atoms with E-state index in [4.69, 9.17) is 0 Å². The third-order valence-electron chi connectivity index (χ3n) is 5.81. The number of ether oxygens (including phenoxy) is 1. The van der Waals surface area contributed by atoms with Crippen LogP contribution in [0.25, 0.3) is 0 Å². The highest BCUT2D eigenvalue weighted by Gasteiger charge is 2.19. The number of likely N-dealkylation sites (tertiary alicyclic amines) is 1. The molecule has 3 amide bonds. The molecule has 0 unspecified atom stereocenters. The number of fused-ring (bicyclic) bond motifs is 1. The summed E-state index contributed by atoms with van der Waals surface area (Å²) >= 11 is 0. The number of para-hydroxylation sites is 1. The van der Waals surface area contributed by atoms with Gasteiger partial charge in [0.15, 0.2) is 0 Å². The van der Waals surface area contributed by atoms with Gasteiger partial charge in [0.1, 0.15) is 0 Å². The van der Waals surface area contributed by atoms with E-state index in [0.29, 0.717) is 13.1 Å². The Morgan fingerprint density at radius 3 is 2.08 bits per heavy atom. The lowest BCUT2D eigenvalue weighted by Crippen LogP contribution is -2.33. The number of anilines is 2. The fraction of sp³-hybridized carbons (Fsp3) is 0.258. The molecule has 5 rings (SSSR count). The smallest absolute Gasteiger partial charge is 0.411 e. The fourth-order valence-corrected chi connectivity index (χ4v) is 3.85. The Kier molecular flexibility index (Phi) is 13.8. The highest BCUT2D eigenvalue weighted by Crippen LogP contribution is 2.19. The second-order valence-electron chi connectivity index (χ2n) is 8.46. The van der Waals surface area contributed by atoms with Crippen LogP contribution in [-0.4, -0.2) is 56.1 Å². The van der Waals surface area contributed by atoms with Crippen molar-refractivity contribution in [2.24, 2.45) is 0 Å². The van der Waals surface area contributed by atoms with Crippen molar-refractivity contribution >= 4 is 29.3 Å². The van der Waals surface area contributed by atoms with Crippen molar-refractivity contribution in [1.82, 2.24) is 10.2 Å². The standard InChI is InChI=1S/C15H19N3O2.C8H9NO2.C6H6.C2H2/c19-14(18-7-1-2-8-18)10-17-12-4-3-11-5-6-16-15(20)13(11)9-12;1-11-8(10)9-7-5-3-2-4-6-7;1-2-4-6-5-3-1;1-2/h3-4,9,17H,1-2,5-8,10H2,(H,16,20);2-6H,1H3,(H,9,10);1-6H;1-2H. The number of methoxy groups -OCH3 is 1. The molecule has 39 heavy (non-hydrogen) atoms. The molecule has 3 aromatic carbocycles. The van der Waals surface area contributed by atoms with E-state index < -0.39 is 6.09 Å². The highest BCUT2D eigenvalue weighted by molar-refractivity contribution is 5.97. The van der Waals surface area contributed by atoms with Crippen molar-refractivity contribution < 1.29 is 19.1 Å². The van der Waals surface area contributed by atoms with E-state index in [9.17, 15) is 14.4 Å². The van der Waals surface area contributed by atoms with Gasteiger partial charge >= 0.3 is 6.09 Å². The van der Waals surface area contributed by atoms with Crippen LogP contribution in [-0.2, 0) is 16.0 Å². The number of hydrogen-bond acceptors (Lipinski definition) is 5. The summed E-state index contributed by atoms with van der Waals surface area (Å²) in [7, 11) is 1.33. The summed E-state index contributed by atoms with van der Waals surface area (Å²) in [4.78, 5) is 36.3. The van der Waals surface area contributed by atoms with Gasteiger partial charge in [-0.15, -0.1) is 12.8 Å². The molecule has 0 radical (unpaired) electrons. The zero-order chi connectivity index (χ0) is 28.3. The first-order valence-electron chi connectivity index (χ1n) is 12.7. The monoisotopic (exact) mass is 528 g/mol. The van der Waals surface area contributed by atoms with Crippen molar-refractivity contribution in [2.45, 2.75) is 19.3 Å². The summed E-state index contributed by atoms with van der Waals surface area (Å²) < 4.78 is 4.40. The van der Waals surface area contributed by atoms with Crippen LogP contribution < -0.4 is 16.0 Å². The number of nitrogens with one attached hydrogen (secondary N) is 3. The van der Waals surface area contributed by atoms with Crippen LogP contribution in [0.2, 0.25) is 0 Å². The summed E-state index contributed by atoms with van der Waals surface area (Å²) in [6.07, 6.45) is 10.6. The first kappa shape index (κ1) is 30.5. The summed E-state index contributed by atoms with van der Waals surface area (Å²) in [6.45, 7) is 2.73. The average Bonchev–Trinajstić information content (AvgIpc) is 3.55. The largest absolute Gasteiger partial charge is 0.453 e. The zero-order valence-electron chi connectivity index (χ0n) is 22.3. The number of terminal acetylenes is 1. The van der Waals surface area contributed by atoms with Crippen LogP contribution in [0.4, 0.5) is 16.2 Å². The first-order valence-corrected chi connectivity index (χ1v) is 12.7. The van der Waals surface area contributed by atoms with Gasteiger partial charge in [-0.05, 0) is 49.1 Å². The van der Waals surface area contributed by atoms with Crippen LogP contribution in [0.3, 0.4) is 0 Å². The third-order valence-corrected chi connectivity index (χ3v) is 5.81. The molecule has 8 nitrogen and oxygen atoms in total. The SMILES string of the molecule is C#C.COC(=O)Nc1ccccc1.O=C1NCCc2ccc(NCC(=O)N3CCCC3)cc21.c1ccccc1. The summed E-state index contributed by atoms with van der Waals surface area (Å²) in [6, 6.07) is 26.9. The van der Waals surface area contributed by atoms with Crippen LogP contribution in [0.15, 0.2) is 84.9 Å². The molecular formula is C31H36N4O4. The van der Waals surface area contributed by atoms with Gasteiger partial charge in [-0.2, -0.15) is 0 Å². The molecule has 0 bridgehead atoms. The Morgan fingerprint density at radius 2 is 1.49 bits per heavy atom. The number of amides is 3. The third kappa shape index (κ3) is 11.0. The predicted molar refractivity (Wildman–Crippen MR) is 156 cm³/mol. The molecule has 0 saturated carbocycles. The molecule has 2 aliphatic rings. The van der Waals surface area contributed by atoms with Gasteiger partial charge in [0.2, 0.25) is 5.91 Å². The van der Waals surface area contributed by atoms with Crippen LogP contribution in [0.1, 0.15) is 28.8 Å². The second kappa shape index (κ2) is 17.6. The molecule has 1 saturated heterocycles. The molecule has 0 aromatic heterocycles. The molecular weight excluding hydrogens is 492 g/mol. The maximum Gasteiger partial charge on any atom is 0.411 e. The van der Waals surface area contributed by atoms with E-state index in [-0.39, 0.29) is 11.8 Å². The van der Waals surface area contributed by atoms with Crippen molar-refractivity contribution in [2.75, 3.05) is 43.9 Å². The number of carbonyl (C=O) groups is 3. The van der Waals surface area contributed by atoms with Gasteiger partial charge < -0.3 is 20.3 Å². The van der Waals surface area contributed by atoms with Crippen LogP contribution >= 0.6 is 0 Å². The zero-order valence-corrected chi connectivity index (χ0v) is 22.3. The van der Waals surface area contributed by atoms with Gasteiger partial charge in [-0.1, -0.05) is 60.7 Å². The van der Waals surface area contributed by atoms with E-state index in [1.807, 2.05) is 77.7 Å². The van der Waals surface area contributed by atoms with Gasteiger partial charge in [-0.25, -0.2) is 4.79 Å². The molecule has 2 aliphatic heterocycles. The molecule has 0 atom stereocenters. The Bertz CT molecular complexity index is 1150. The van der Waals surface area contributed by atoms with Crippen molar-refractivity contribution in [3.05, 3.63) is 96.1 Å². The maximum atomic E-state index is 12.0. The Hall–Kier alpha value is -4.77. The Morgan fingerprint density at radius 1 is 0.897 bits per heavy atom. The highest BCUT2D eigenvalue weighted by atomic mass is 16.5. The normalized spacial score (nSPS) is 12.8. The molecule has 3 aromatic rings. The molecule has 204 valence electrons. The molecule has 8 heteroatoms. The minimum Gasteiger partial charge on any atom is -0.453 e. The Labute approximate surface area is 230 Å². The van der Waals surface area contributed by atoms with Crippen molar-refractivity contribution in [3.63, 3.8) is 0 Å². The summed E-state index contributed by atoms with van der Waals surface area (Å²) in [5.41, 5.74) is 3.35. The number of nitrogens with zero attached hydrogens (tertiary/aromatic N) is 1. The van der Waals surface area contributed by atoms with Gasteiger partial charge in [0, 0.05) is 36.6 Å². The molecule has 0 aliphatic carbocycles. The topological polar surface area (TPSA) is 99.8 Å². The van der Waals surface area contributed by atoms with Gasteiger partial charge in [-0.3, -0.25) is 14.9 Å². The molecule has 2 heterocycles. The van der Waals surface area contributed by atoms with Gasteiger partial charge in [0.05, 0.1) is 13.7 Å². The van der Waals surface area contributed by atoms with Crippen molar-refractivity contribution in [1.29, 1.82) is 0 Å². The van der Waals surface area contributed by atoms with E-state index >= 15 is 0 Å². The average molecular weight is 529 g/mol. The minimum absolute atomic E-state index is 0.0271. The van der Waals surface area contributed by atoms with E-state index in [0.717, 1.165) is 54.9 Å². The molecule has 1 fully saturated rings. The van der Waals surface area contributed by atoms with E-state index in [1.165, 1.54) is 7.11 Å². The van der Waals surface area contributed by atoms with Crippen LogP contribution in [0, 0.1) is 12.8 Å². The van der Waals surface area contributed by atoms with Crippen LogP contribution in [0.5, 0.6) is 0 Å². The summed E-state index contributed by atoms with van der Waals surface area (Å²) in [5, 5.41) is 8.48. The molecule has 0 spiro atoms. The maximum absolute atomic E-state index is 12.0. The minimum atomic E-state index is -0.448. The predicted octanol–water partition coefficient (Wildman–Crippen LogP) is 4.81. The first-order chi connectivity index (χ1) is 19.1. The Balaban J connectivity index is 0.000000235. The summed E-state index contributed by atoms with van der Waals surface area (Å²) in [5.74, 6) is 0.102. The lowest BCUT2D eigenvalue weighted by Gasteiger charge is -2.19. The lowest BCUT2D eigenvalue weighted by molar-refractivity contribution is -0.128. The number of hydrogen-bond donors (Lipinski definition) is 3. The van der Waals surface area contributed by atoms with Gasteiger partial charge in [0.25, 0.3) is 5.91 Å². The number of rotatable bonds is 4. The lowest BCUT2D eigenvalue weighted by atomic mass is 10.00. The van der Waals surface area contributed by atoms with E-state index in [2.05, 4.69) is 33.5 Å². The quantitative estimate of drug-likeness (QED) is 0.422. The van der Waals surface area contributed by atoms with Crippen molar-refractivity contribution in [3.8, 4) is 12.8 Å². The van der Waals surface area contributed by atoms with E-state index in [1.54, 1.807) is 12.1 Å². The molecule has 3 N–H and O–H groups in total. The number of benzene rings is 3. The fourth-order valence-electron chi connectivity index (χ4n) is 3.85.